The summed E-state index contributed by atoms with van der Waals surface area (Å²) >= 11 is 0. The number of nitrogens with zero attached hydrogens (tertiary/aromatic N) is 4. The Kier molecular flexibility index (Phi) is 6.74. The van der Waals surface area contributed by atoms with Crippen molar-refractivity contribution in [2.75, 3.05) is 19.3 Å². The number of para-hydroxylation sites is 1. The monoisotopic (exact) mass is 474 g/mol. The highest BCUT2D eigenvalue weighted by Crippen LogP contribution is 2.11. The molecule has 0 bridgehead atoms. The lowest BCUT2D eigenvalue weighted by molar-refractivity contribution is 0.0939. The van der Waals surface area contributed by atoms with Crippen molar-refractivity contribution in [2.45, 2.75) is 26.6 Å². The number of rotatable bonds is 8. The van der Waals surface area contributed by atoms with Crippen molar-refractivity contribution in [3.05, 3.63) is 103 Å². The molecule has 10 nitrogen and oxygen atoms in total. The van der Waals surface area contributed by atoms with Crippen molar-refractivity contribution in [1.82, 2.24) is 24.0 Å². The average Bonchev–Trinajstić information content (AvgIpc) is 2.82. The molecule has 180 valence electrons. The number of aromatic amines is 1. The predicted octanol–water partition coefficient (Wildman–Crippen LogP) is 1.21. The molecule has 0 saturated carbocycles. The molecule has 3 N–H and O–H groups in total. The number of aromatic nitrogens is 4. The van der Waals surface area contributed by atoms with Crippen molar-refractivity contribution in [3.8, 4) is 0 Å². The number of likely N-dealkylation sites (N-methyl/N-ethyl adjacent to an activating group) is 1. The Bertz CT molecular complexity index is 1570. The van der Waals surface area contributed by atoms with Gasteiger partial charge < -0.3 is 10.7 Å². The van der Waals surface area contributed by atoms with Crippen LogP contribution in [0.4, 0.5) is 5.82 Å². The molecular formula is C25H26N6O4. The van der Waals surface area contributed by atoms with Gasteiger partial charge in [0, 0.05) is 6.54 Å². The van der Waals surface area contributed by atoms with E-state index in [1.165, 1.54) is 4.57 Å². The number of nitrogens with one attached hydrogen (secondary N) is 1. The summed E-state index contributed by atoms with van der Waals surface area (Å²) in [6.07, 6.45) is 0. The minimum Gasteiger partial charge on any atom is -0.384 e. The Balaban J connectivity index is 1.63. The Morgan fingerprint density at radius 3 is 2.43 bits per heavy atom. The quantitative estimate of drug-likeness (QED) is 0.366. The number of carbonyl (C=O) groups excluding carboxylic acids is 1. The molecule has 0 saturated heterocycles. The first kappa shape index (κ1) is 23.8. The van der Waals surface area contributed by atoms with Gasteiger partial charge in [-0.3, -0.25) is 28.4 Å². The third kappa shape index (κ3) is 4.82. The van der Waals surface area contributed by atoms with Crippen molar-refractivity contribution < 1.29 is 4.79 Å². The van der Waals surface area contributed by atoms with Gasteiger partial charge in [-0.05, 0) is 31.7 Å². The van der Waals surface area contributed by atoms with Crippen LogP contribution in [0.2, 0.25) is 0 Å². The molecule has 2 aromatic heterocycles. The number of ketones is 1. The SMILES string of the molecule is CCn1c(=O)c(C(=O)CN(C)Cc2nc3ccccc3c(=O)[nH]2)c(N)n(Cc2ccccc2)c1=O. The van der Waals surface area contributed by atoms with E-state index in [4.69, 9.17) is 5.73 Å². The first-order valence-corrected chi connectivity index (χ1v) is 11.2. The van der Waals surface area contributed by atoms with Crippen LogP contribution in [0.5, 0.6) is 0 Å². The highest BCUT2D eigenvalue weighted by molar-refractivity contribution is 6.01. The lowest BCUT2D eigenvalue weighted by atomic mass is 10.1. The Morgan fingerprint density at radius 1 is 1.03 bits per heavy atom. The van der Waals surface area contributed by atoms with Crippen molar-refractivity contribution in [3.63, 3.8) is 0 Å². The highest BCUT2D eigenvalue weighted by atomic mass is 16.2. The van der Waals surface area contributed by atoms with Crippen LogP contribution in [0, 0.1) is 0 Å². The van der Waals surface area contributed by atoms with E-state index in [1.807, 2.05) is 30.3 Å². The number of fused-ring (bicyclic) bond motifs is 1. The topological polar surface area (TPSA) is 136 Å². The molecule has 0 spiro atoms. The summed E-state index contributed by atoms with van der Waals surface area (Å²) in [6.45, 7) is 1.89. The number of hydrogen-bond donors (Lipinski definition) is 2. The summed E-state index contributed by atoms with van der Waals surface area (Å²) in [5.74, 6) is -0.302. The summed E-state index contributed by atoms with van der Waals surface area (Å²) < 4.78 is 2.25. The first-order valence-electron chi connectivity index (χ1n) is 11.2. The molecule has 2 aromatic carbocycles. The van der Waals surface area contributed by atoms with E-state index >= 15 is 0 Å². The molecule has 0 amide bonds. The van der Waals surface area contributed by atoms with Crippen molar-refractivity contribution in [2.24, 2.45) is 0 Å². The smallest absolute Gasteiger partial charge is 0.332 e. The van der Waals surface area contributed by atoms with Gasteiger partial charge in [-0.1, -0.05) is 42.5 Å². The van der Waals surface area contributed by atoms with Gasteiger partial charge in [0.05, 0.1) is 30.5 Å². The highest BCUT2D eigenvalue weighted by Gasteiger charge is 2.23. The van der Waals surface area contributed by atoms with Crippen molar-refractivity contribution in [1.29, 1.82) is 0 Å². The summed E-state index contributed by atoms with van der Waals surface area (Å²) in [6, 6.07) is 16.2. The maximum absolute atomic E-state index is 13.2. The number of anilines is 1. The zero-order valence-corrected chi connectivity index (χ0v) is 19.5. The van der Waals surface area contributed by atoms with Crippen LogP contribution in [0.15, 0.2) is 69.0 Å². The van der Waals surface area contributed by atoms with E-state index < -0.39 is 17.0 Å². The molecule has 0 aliphatic rings. The van der Waals surface area contributed by atoms with Crippen LogP contribution >= 0.6 is 0 Å². The molecule has 0 fully saturated rings. The van der Waals surface area contributed by atoms with Crippen LogP contribution < -0.4 is 22.5 Å². The standard InChI is InChI=1S/C25H26N6O4/c1-3-30-24(34)21(22(26)31(25(30)35)13-16-9-5-4-6-10-16)19(32)14-29(2)15-20-27-18-12-8-7-11-17(18)23(33)28-20/h4-12H,3,13-15,26H2,1-2H3,(H,27,28,33). The molecule has 0 aliphatic carbocycles. The molecule has 10 heteroatoms. The second-order valence-electron chi connectivity index (χ2n) is 8.29. The molecule has 4 rings (SSSR count). The Labute approximate surface area is 200 Å². The number of carbonyl (C=O) groups is 1. The Hall–Kier alpha value is -4.31. The van der Waals surface area contributed by atoms with Crippen LogP contribution in [-0.4, -0.2) is 43.4 Å². The third-order valence-corrected chi connectivity index (χ3v) is 5.74. The lowest BCUT2D eigenvalue weighted by Crippen LogP contribution is -2.45. The molecule has 35 heavy (non-hydrogen) atoms. The summed E-state index contributed by atoms with van der Waals surface area (Å²) in [7, 11) is 1.67. The number of Topliss-reactive ketones (excluding diaryl/α,β-unsaturated/α-hetero) is 1. The van der Waals surface area contributed by atoms with E-state index in [0.717, 1.165) is 10.1 Å². The fourth-order valence-electron chi connectivity index (χ4n) is 4.02. The van der Waals surface area contributed by atoms with Gasteiger partial charge in [-0.15, -0.1) is 0 Å². The van der Waals surface area contributed by atoms with Gasteiger partial charge in [0.25, 0.3) is 11.1 Å². The van der Waals surface area contributed by atoms with Crippen LogP contribution in [0.1, 0.15) is 28.7 Å². The number of nitrogen functional groups attached to an aromatic ring is 1. The maximum Gasteiger partial charge on any atom is 0.332 e. The van der Waals surface area contributed by atoms with Gasteiger partial charge in [-0.2, -0.15) is 0 Å². The van der Waals surface area contributed by atoms with E-state index in [-0.39, 0.29) is 43.1 Å². The number of H-pyrrole nitrogens is 1. The summed E-state index contributed by atoms with van der Waals surface area (Å²) in [4.78, 5) is 60.2. The molecule has 4 aromatic rings. The van der Waals surface area contributed by atoms with Gasteiger partial charge in [0.2, 0.25) is 0 Å². The van der Waals surface area contributed by atoms with E-state index in [1.54, 1.807) is 43.1 Å². The van der Waals surface area contributed by atoms with Gasteiger partial charge in [0.15, 0.2) is 5.78 Å². The Morgan fingerprint density at radius 2 is 1.71 bits per heavy atom. The second-order valence-corrected chi connectivity index (χ2v) is 8.29. The normalized spacial score (nSPS) is 11.3. The second kappa shape index (κ2) is 9.90. The molecule has 0 aliphatic heterocycles. The maximum atomic E-state index is 13.2. The number of hydrogen-bond acceptors (Lipinski definition) is 7. The van der Waals surface area contributed by atoms with Crippen LogP contribution in [0.3, 0.4) is 0 Å². The molecule has 0 atom stereocenters. The largest absolute Gasteiger partial charge is 0.384 e. The van der Waals surface area contributed by atoms with Gasteiger partial charge >= 0.3 is 5.69 Å². The zero-order chi connectivity index (χ0) is 25.1. The minimum absolute atomic E-state index is 0.102. The summed E-state index contributed by atoms with van der Waals surface area (Å²) in [5, 5.41) is 0.476. The predicted molar refractivity (Wildman–Crippen MR) is 134 cm³/mol. The summed E-state index contributed by atoms with van der Waals surface area (Å²) in [5.41, 5.74) is 5.80. The van der Waals surface area contributed by atoms with E-state index in [2.05, 4.69) is 9.97 Å². The fraction of sp³-hybridized carbons (Fsp3) is 0.240. The molecule has 0 unspecified atom stereocenters. The number of nitrogens with two attached hydrogens (primary N) is 1. The van der Waals surface area contributed by atoms with Crippen LogP contribution in [-0.2, 0) is 19.6 Å². The third-order valence-electron chi connectivity index (χ3n) is 5.74. The van der Waals surface area contributed by atoms with Crippen LogP contribution in [0.25, 0.3) is 10.9 Å². The van der Waals surface area contributed by atoms with Gasteiger partial charge in [0.1, 0.15) is 17.2 Å². The lowest BCUT2D eigenvalue weighted by Gasteiger charge is -2.18. The first-order chi connectivity index (χ1) is 16.8. The zero-order valence-electron chi connectivity index (χ0n) is 19.5. The van der Waals surface area contributed by atoms with E-state index in [9.17, 15) is 19.2 Å². The average molecular weight is 475 g/mol. The van der Waals surface area contributed by atoms with Crippen molar-refractivity contribution >= 4 is 22.5 Å². The molecule has 2 heterocycles. The fourth-order valence-corrected chi connectivity index (χ4v) is 4.02. The molecule has 0 radical (unpaired) electrons. The van der Waals surface area contributed by atoms with E-state index in [0.29, 0.717) is 16.7 Å². The van der Waals surface area contributed by atoms with Gasteiger partial charge in [-0.25, -0.2) is 9.78 Å². The number of benzene rings is 2. The minimum atomic E-state index is -0.713. The molecular weight excluding hydrogens is 448 g/mol.